The van der Waals surface area contributed by atoms with Gasteiger partial charge in [0.1, 0.15) is 5.75 Å². The Hall–Kier alpha value is -1.02. The summed E-state index contributed by atoms with van der Waals surface area (Å²) >= 11 is 0. The number of rotatable bonds is 4. The van der Waals surface area contributed by atoms with E-state index in [0.29, 0.717) is 17.8 Å². The van der Waals surface area contributed by atoms with Crippen LogP contribution < -0.4 is 5.32 Å². The first kappa shape index (κ1) is 13.0. The Balaban J connectivity index is 1.61. The monoisotopic (exact) mass is 259 g/mol. The lowest BCUT2D eigenvalue weighted by Crippen LogP contribution is -2.37. The van der Waals surface area contributed by atoms with Crippen LogP contribution in [0.15, 0.2) is 24.3 Å². The van der Waals surface area contributed by atoms with Gasteiger partial charge >= 0.3 is 0 Å². The summed E-state index contributed by atoms with van der Waals surface area (Å²) in [6.45, 7) is 4.53. The molecule has 2 nitrogen and oxygen atoms in total. The molecule has 2 saturated carbocycles. The van der Waals surface area contributed by atoms with Gasteiger partial charge < -0.3 is 10.4 Å². The Bertz CT molecular complexity index is 445. The fraction of sp³-hybridized carbons (Fsp3) is 0.647. The molecule has 0 saturated heterocycles. The highest BCUT2D eigenvalue weighted by atomic mass is 16.3. The van der Waals surface area contributed by atoms with Crippen molar-refractivity contribution in [3.05, 3.63) is 29.8 Å². The third-order valence-electron chi connectivity index (χ3n) is 5.32. The van der Waals surface area contributed by atoms with Crippen molar-refractivity contribution in [3.8, 4) is 5.75 Å². The van der Waals surface area contributed by atoms with E-state index < -0.39 is 0 Å². The van der Waals surface area contributed by atoms with Gasteiger partial charge in [-0.15, -0.1) is 0 Å². The average molecular weight is 259 g/mol. The van der Waals surface area contributed by atoms with Crippen LogP contribution in [0.25, 0.3) is 0 Å². The van der Waals surface area contributed by atoms with Gasteiger partial charge in [-0.05, 0) is 68.6 Å². The zero-order valence-electron chi connectivity index (χ0n) is 12.0. The second kappa shape index (κ2) is 5.16. The number of nitrogens with one attached hydrogen (secondary N) is 1. The molecule has 19 heavy (non-hydrogen) atoms. The van der Waals surface area contributed by atoms with Gasteiger partial charge in [-0.1, -0.05) is 18.6 Å². The second-order valence-electron chi connectivity index (χ2n) is 6.61. The summed E-state index contributed by atoms with van der Waals surface area (Å²) < 4.78 is 0. The van der Waals surface area contributed by atoms with Crippen LogP contribution in [0.1, 0.15) is 51.1 Å². The van der Waals surface area contributed by atoms with E-state index in [4.69, 9.17) is 0 Å². The lowest BCUT2D eigenvalue weighted by Gasteiger charge is -2.31. The molecule has 3 rings (SSSR count). The molecule has 2 aliphatic carbocycles. The summed E-state index contributed by atoms with van der Waals surface area (Å²) in [5, 5.41) is 13.3. The molecule has 2 N–H and O–H groups in total. The molecule has 2 bridgehead atoms. The van der Waals surface area contributed by atoms with E-state index in [1.165, 1.54) is 31.2 Å². The zero-order chi connectivity index (χ0) is 13.4. The van der Waals surface area contributed by atoms with Crippen molar-refractivity contribution in [1.29, 1.82) is 0 Å². The lowest BCUT2D eigenvalue weighted by atomic mass is 9.83. The van der Waals surface area contributed by atoms with E-state index in [2.05, 4.69) is 25.2 Å². The SMILES string of the molecule is CC(NC(C)C1CC2CCC1C2)c1cccc(O)c1. The molecule has 0 amide bonds. The highest BCUT2D eigenvalue weighted by Gasteiger charge is 2.41. The smallest absolute Gasteiger partial charge is 0.115 e. The summed E-state index contributed by atoms with van der Waals surface area (Å²) in [4.78, 5) is 0. The third-order valence-corrected chi connectivity index (χ3v) is 5.32. The fourth-order valence-electron chi connectivity index (χ4n) is 4.31. The first-order chi connectivity index (χ1) is 9.13. The molecule has 1 aromatic rings. The van der Waals surface area contributed by atoms with Crippen molar-refractivity contribution in [3.63, 3.8) is 0 Å². The zero-order valence-corrected chi connectivity index (χ0v) is 12.0. The van der Waals surface area contributed by atoms with Crippen molar-refractivity contribution in [1.82, 2.24) is 5.32 Å². The minimum Gasteiger partial charge on any atom is -0.508 e. The Morgan fingerprint density at radius 3 is 2.68 bits per heavy atom. The first-order valence-corrected chi connectivity index (χ1v) is 7.68. The normalized spacial score (nSPS) is 32.4. The minimum atomic E-state index is 0.307. The van der Waals surface area contributed by atoms with Crippen LogP contribution in [0, 0.1) is 17.8 Å². The predicted octanol–water partition coefficient (Wildman–Crippen LogP) is 3.87. The van der Waals surface area contributed by atoms with Gasteiger partial charge in [-0.3, -0.25) is 0 Å². The van der Waals surface area contributed by atoms with Crippen LogP contribution in [0.3, 0.4) is 0 Å². The molecule has 0 aliphatic heterocycles. The van der Waals surface area contributed by atoms with Gasteiger partial charge in [0, 0.05) is 12.1 Å². The molecule has 5 atom stereocenters. The highest BCUT2D eigenvalue weighted by molar-refractivity contribution is 5.29. The maximum absolute atomic E-state index is 9.57. The summed E-state index contributed by atoms with van der Waals surface area (Å²) in [6, 6.07) is 8.49. The number of hydrogen-bond donors (Lipinski definition) is 2. The molecule has 2 heteroatoms. The largest absolute Gasteiger partial charge is 0.508 e. The van der Waals surface area contributed by atoms with E-state index in [1.807, 2.05) is 12.1 Å². The number of hydrogen-bond acceptors (Lipinski definition) is 2. The van der Waals surface area contributed by atoms with E-state index in [0.717, 1.165) is 17.8 Å². The second-order valence-corrected chi connectivity index (χ2v) is 6.61. The molecular formula is C17H25NO. The highest BCUT2D eigenvalue weighted by Crippen LogP contribution is 2.49. The molecular weight excluding hydrogens is 234 g/mol. The van der Waals surface area contributed by atoms with E-state index in [9.17, 15) is 5.11 Å². The summed E-state index contributed by atoms with van der Waals surface area (Å²) in [6.07, 6.45) is 5.81. The Morgan fingerprint density at radius 2 is 2.05 bits per heavy atom. The van der Waals surface area contributed by atoms with Gasteiger partial charge in [-0.2, -0.15) is 0 Å². The molecule has 104 valence electrons. The molecule has 0 spiro atoms. The molecule has 2 aliphatic rings. The van der Waals surface area contributed by atoms with Crippen molar-refractivity contribution < 1.29 is 5.11 Å². The van der Waals surface area contributed by atoms with Gasteiger partial charge in [-0.25, -0.2) is 0 Å². The van der Waals surface area contributed by atoms with Crippen molar-refractivity contribution in [2.24, 2.45) is 17.8 Å². The van der Waals surface area contributed by atoms with Crippen molar-refractivity contribution in [2.75, 3.05) is 0 Å². The number of phenols is 1. The standard InChI is InChI=1S/C17H25NO/c1-11(14-4-3-5-16(19)10-14)18-12(2)17-9-13-6-7-15(17)8-13/h3-5,10-13,15,17-19H,6-9H2,1-2H3. The number of aromatic hydroxyl groups is 1. The third kappa shape index (κ3) is 2.64. The average Bonchev–Trinajstić information content (AvgIpc) is 3.00. The maximum atomic E-state index is 9.57. The lowest BCUT2D eigenvalue weighted by molar-refractivity contribution is 0.248. The molecule has 5 unspecified atom stereocenters. The van der Waals surface area contributed by atoms with Gasteiger partial charge in [0.2, 0.25) is 0 Å². The van der Waals surface area contributed by atoms with Crippen LogP contribution in [0.4, 0.5) is 0 Å². The van der Waals surface area contributed by atoms with Crippen LogP contribution in [-0.2, 0) is 0 Å². The predicted molar refractivity (Wildman–Crippen MR) is 78.1 cm³/mol. The summed E-state index contributed by atoms with van der Waals surface area (Å²) in [7, 11) is 0. The van der Waals surface area contributed by atoms with Crippen molar-refractivity contribution in [2.45, 2.75) is 51.6 Å². The fourth-order valence-corrected chi connectivity index (χ4v) is 4.31. The Labute approximate surface area is 116 Å². The number of fused-ring (bicyclic) bond motifs is 2. The Kier molecular flexibility index (Phi) is 3.53. The topological polar surface area (TPSA) is 32.3 Å². The van der Waals surface area contributed by atoms with Crippen LogP contribution in [-0.4, -0.2) is 11.1 Å². The summed E-state index contributed by atoms with van der Waals surface area (Å²) in [5.41, 5.74) is 1.18. The van der Waals surface area contributed by atoms with Crippen LogP contribution in [0.2, 0.25) is 0 Å². The van der Waals surface area contributed by atoms with Crippen molar-refractivity contribution >= 4 is 0 Å². The van der Waals surface area contributed by atoms with Gasteiger partial charge in [0.05, 0.1) is 0 Å². The van der Waals surface area contributed by atoms with Gasteiger partial charge in [0.25, 0.3) is 0 Å². The molecule has 0 aromatic heterocycles. The minimum absolute atomic E-state index is 0.307. The molecule has 2 fully saturated rings. The van der Waals surface area contributed by atoms with Gasteiger partial charge in [0.15, 0.2) is 0 Å². The maximum Gasteiger partial charge on any atom is 0.115 e. The van der Waals surface area contributed by atoms with E-state index in [-0.39, 0.29) is 0 Å². The van der Waals surface area contributed by atoms with Crippen LogP contribution >= 0.6 is 0 Å². The molecule has 1 aromatic carbocycles. The van der Waals surface area contributed by atoms with E-state index >= 15 is 0 Å². The Morgan fingerprint density at radius 1 is 1.21 bits per heavy atom. The molecule has 0 radical (unpaired) electrons. The molecule has 0 heterocycles. The van der Waals surface area contributed by atoms with Crippen LogP contribution in [0.5, 0.6) is 5.75 Å². The number of benzene rings is 1. The van der Waals surface area contributed by atoms with E-state index in [1.54, 1.807) is 6.07 Å². The quantitative estimate of drug-likeness (QED) is 0.860. The first-order valence-electron chi connectivity index (χ1n) is 7.68. The number of phenolic OH excluding ortho intramolecular Hbond substituents is 1. The summed E-state index contributed by atoms with van der Waals surface area (Å²) in [5.74, 6) is 3.19.